The number of aliphatic hydroxyl groups is 1. The Balaban J connectivity index is 1.95. The van der Waals surface area contributed by atoms with Gasteiger partial charge in [0.1, 0.15) is 0 Å². The van der Waals surface area contributed by atoms with Crippen LogP contribution in [-0.4, -0.2) is 34.6 Å². The molecule has 3 heteroatoms. The fourth-order valence-corrected chi connectivity index (χ4v) is 3.22. The molecule has 2 aliphatic carbocycles. The SMILES string of the molecule is CC(O)CN(C(=O)C1C2CCCC21)C(C)C. The minimum absolute atomic E-state index is 0.198. The van der Waals surface area contributed by atoms with E-state index in [4.69, 9.17) is 0 Å². The molecule has 0 bridgehead atoms. The van der Waals surface area contributed by atoms with Gasteiger partial charge in [-0.1, -0.05) is 6.42 Å². The van der Waals surface area contributed by atoms with E-state index < -0.39 is 6.10 Å². The molecule has 2 rings (SSSR count). The standard InChI is InChI=1S/C13H23NO2/c1-8(2)14(7-9(3)15)13(16)12-10-5-4-6-11(10)12/h8-12,15H,4-7H2,1-3H3. The smallest absolute Gasteiger partial charge is 0.226 e. The third-order valence-corrected chi connectivity index (χ3v) is 4.06. The van der Waals surface area contributed by atoms with Gasteiger partial charge < -0.3 is 10.0 Å². The number of hydrogen-bond donors (Lipinski definition) is 1. The zero-order chi connectivity index (χ0) is 11.9. The highest BCUT2D eigenvalue weighted by atomic mass is 16.3. The van der Waals surface area contributed by atoms with Crippen molar-refractivity contribution in [2.24, 2.45) is 17.8 Å². The van der Waals surface area contributed by atoms with Crippen molar-refractivity contribution in [3.63, 3.8) is 0 Å². The number of rotatable bonds is 4. The highest BCUT2D eigenvalue weighted by Crippen LogP contribution is 2.58. The van der Waals surface area contributed by atoms with Gasteiger partial charge in [-0.15, -0.1) is 0 Å². The molecule has 0 aromatic rings. The molecule has 0 radical (unpaired) electrons. The van der Waals surface area contributed by atoms with Crippen LogP contribution in [0.5, 0.6) is 0 Å². The van der Waals surface area contributed by atoms with E-state index in [1.165, 1.54) is 19.3 Å². The first-order chi connectivity index (χ1) is 7.52. The highest BCUT2D eigenvalue weighted by molar-refractivity contribution is 5.82. The van der Waals surface area contributed by atoms with Gasteiger partial charge in [0.15, 0.2) is 0 Å². The van der Waals surface area contributed by atoms with E-state index in [0.717, 1.165) is 0 Å². The minimum Gasteiger partial charge on any atom is -0.392 e. The first kappa shape index (κ1) is 11.9. The van der Waals surface area contributed by atoms with Crippen LogP contribution in [0.4, 0.5) is 0 Å². The topological polar surface area (TPSA) is 40.5 Å². The first-order valence-electron chi connectivity index (χ1n) is 6.51. The van der Waals surface area contributed by atoms with E-state index >= 15 is 0 Å². The first-order valence-corrected chi connectivity index (χ1v) is 6.51. The molecule has 2 saturated carbocycles. The summed E-state index contributed by atoms with van der Waals surface area (Å²) in [5.41, 5.74) is 0. The predicted octanol–water partition coefficient (Wildman–Crippen LogP) is 1.65. The summed E-state index contributed by atoms with van der Waals surface area (Å²) in [6.07, 6.45) is 3.35. The second-order valence-corrected chi connectivity index (χ2v) is 5.72. The van der Waals surface area contributed by atoms with Crippen LogP contribution >= 0.6 is 0 Å². The molecule has 2 fully saturated rings. The van der Waals surface area contributed by atoms with Crippen LogP contribution in [0.15, 0.2) is 0 Å². The predicted molar refractivity (Wildman–Crippen MR) is 62.9 cm³/mol. The van der Waals surface area contributed by atoms with Crippen molar-refractivity contribution in [2.75, 3.05) is 6.54 Å². The maximum atomic E-state index is 12.3. The molecule has 0 aliphatic heterocycles. The van der Waals surface area contributed by atoms with Gasteiger partial charge in [0.25, 0.3) is 0 Å². The molecule has 0 aromatic carbocycles. The Morgan fingerprint density at radius 2 is 1.88 bits per heavy atom. The highest BCUT2D eigenvalue weighted by Gasteiger charge is 2.57. The average Bonchev–Trinajstić information content (AvgIpc) is 2.67. The summed E-state index contributed by atoms with van der Waals surface area (Å²) >= 11 is 0. The van der Waals surface area contributed by atoms with Crippen LogP contribution in [0.3, 0.4) is 0 Å². The summed E-state index contributed by atoms with van der Waals surface area (Å²) in [5.74, 6) is 1.91. The Morgan fingerprint density at radius 1 is 1.31 bits per heavy atom. The van der Waals surface area contributed by atoms with E-state index in [9.17, 15) is 9.90 Å². The van der Waals surface area contributed by atoms with Crippen molar-refractivity contribution in [3.05, 3.63) is 0 Å². The quantitative estimate of drug-likeness (QED) is 0.790. The largest absolute Gasteiger partial charge is 0.392 e. The van der Waals surface area contributed by atoms with Crippen LogP contribution in [0.2, 0.25) is 0 Å². The van der Waals surface area contributed by atoms with Gasteiger partial charge in [-0.2, -0.15) is 0 Å². The van der Waals surface area contributed by atoms with Crippen LogP contribution in [0.25, 0.3) is 0 Å². The summed E-state index contributed by atoms with van der Waals surface area (Å²) in [7, 11) is 0. The molecule has 3 nitrogen and oxygen atoms in total. The summed E-state index contributed by atoms with van der Waals surface area (Å²) in [4.78, 5) is 14.2. The van der Waals surface area contributed by atoms with E-state index in [1.54, 1.807) is 6.92 Å². The molecule has 16 heavy (non-hydrogen) atoms. The molecule has 1 N–H and O–H groups in total. The van der Waals surface area contributed by atoms with Gasteiger partial charge in [-0.3, -0.25) is 4.79 Å². The summed E-state index contributed by atoms with van der Waals surface area (Å²) in [6, 6.07) is 0.198. The molecule has 0 spiro atoms. The zero-order valence-corrected chi connectivity index (χ0v) is 10.5. The lowest BCUT2D eigenvalue weighted by Crippen LogP contribution is -2.42. The Morgan fingerprint density at radius 3 is 2.31 bits per heavy atom. The second-order valence-electron chi connectivity index (χ2n) is 5.72. The fourth-order valence-electron chi connectivity index (χ4n) is 3.22. The third kappa shape index (κ3) is 2.10. The summed E-state index contributed by atoms with van der Waals surface area (Å²) < 4.78 is 0. The van der Waals surface area contributed by atoms with Gasteiger partial charge in [0.2, 0.25) is 5.91 Å². The molecule has 92 valence electrons. The van der Waals surface area contributed by atoms with Crippen molar-refractivity contribution in [1.29, 1.82) is 0 Å². The van der Waals surface area contributed by atoms with Crippen molar-refractivity contribution in [3.8, 4) is 0 Å². The van der Waals surface area contributed by atoms with Gasteiger partial charge >= 0.3 is 0 Å². The number of amides is 1. The van der Waals surface area contributed by atoms with Gasteiger partial charge in [0.05, 0.1) is 6.10 Å². The molecular formula is C13H23NO2. The average molecular weight is 225 g/mol. The maximum Gasteiger partial charge on any atom is 0.226 e. The number of carbonyl (C=O) groups is 1. The second kappa shape index (κ2) is 4.36. The number of aliphatic hydroxyl groups excluding tert-OH is 1. The molecule has 3 unspecified atom stereocenters. The normalized spacial score (nSPS) is 33.7. The monoisotopic (exact) mass is 225 g/mol. The number of nitrogens with zero attached hydrogens (tertiary/aromatic N) is 1. The molecule has 3 atom stereocenters. The molecule has 1 amide bonds. The Bertz CT molecular complexity index is 265. The molecule has 0 heterocycles. The van der Waals surface area contributed by atoms with Crippen LogP contribution in [0, 0.1) is 17.8 Å². The van der Waals surface area contributed by atoms with Crippen LogP contribution < -0.4 is 0 Å². The third-order valence-electron chi connectivity index (χ3n) is 4.06. The lowest BCUT2D eigenvalue weighted by Gasteiger charge is -2.28. The number of carbonyl (C=O) groups excluding carboxylic acids is 1. The number of hydrogen-bond acceptors (Lipinski definition) is 2. The lowest BCUT2D eigenvalue weighted by molar-refractivity contribution is -0.136. The lowest BCUT2D eigenvalue weighted by atomic mass is 10.1. The van der Waals surface area contributed by atoms with E-state index in [2.05, 4.69) is 0 Å². The van der Waals surface area contributed by atoms with Crippen molar-refractivity contribution in [2.45, 2.75) is 52.2 Å². The van der Waals surface area contributed by atoms with Crippen molar-refractivity contribution in [1.82, 2.24) is 4.90 Å². The number of fused-ring (bicyclic) bond motifs is 1. The van der Waals surface area contributed by atoms with Crippen LogP contribution in [0.1, 0.15) is 40.0 Å². The molecular weight excluding hydrogens is 202 g/mol. The van der Waals surface area contributed by atoms with E-state index in [0.29, 0.717) is 18.4 Å². The minimum atomic E-state index is -0.426. The molecule has 0 aromatic heterocycles. The summed E-state index contributed by atoms with van der Waals surface area (Å²) in [5, 5.41) is 9.43. The molecule has 2 aliphatic rings. The van der Waals surface area contributed by atoms with Crippen molar-refractivity contribution < 1.29 is 9.90 Å². The Hall–Kier alpha value is -0.570. The zero-order valence-electron chi connectivity index (χ0n) is 10.5. The summed E-state index contributed by atoms with van der Waals surface area (Å²) in [6.45, 7) is 6.28. The fraction of sp³-hybridized carbons (Fsp3) is 0.923. The Labute approximate surface area is 97.8 Å². The maximum absolute atomic E-state index is 12.3. The molecule has 0 saturated heterocycles. The van der Waals surface area contributed by atoms with Gasteiger partial charge in [0, 0.05) is 18.5 Å². The van der Waals surface area contributed by atoms with E-state index in [-0.39, 0.29) is 17.9 Å². The van der Waals surface area contributed by atoms with Crippen molar-refractivity contribution >= 4 is 5.91 Å². The van der Waals surface area contributed by atoms with Gasteiger partial charge in [-0.25, -0.2) is 0 Å². The van der Waals surface area contributed by atoms with Crippen LogP contribution in [-0.2, 0) is 4.79 Å². The van der Waals surface area contributed by atoms with Gasteiger partial charge in [-0.05, 0) is 45.4 Å². The van der Waals surface area contributed by atoms with E-state index in [1.807, 2.05) is 18.7 Å². The Kier molecular flexibility index (Phi) is 3.24.